The quantitative estimate of drug-likeness (QED) is 0.546. The van der Waals surface area contributed by atoms with Gasteiger partial charge in [0, 0.05) is 37.1 Å². The number of rotatable bonds is 7. The highest BCUT2D eigenvalue weighted by Gasteiger charge is 2.25. The molecule has 2 aromatic heterocycles. The largest absolute Gasteiger partial charge is 0.379 e. The van der Waals surface area contributed by atoms with Crippen molar-refractivity contribution >= 4 is 46.0 Å². The number of benzene rings is 1. The van der Waals surface area contributed by atoms with Gasteiger partial charge in [0.2, 0.25) is 5.91 Å². The van der Waals surface area contributed by atoms with Crippen LogP contribution in [0.2, 0.25) is 10.0 Å². The minimum absolute atomic E-state index is 0.0484. The normalized spacial score (nSPS) is 15.6. The van der Waals surface area contributed by atoms with Crippen LogP contribution in [0.4, 0.5) is 0 Å². The number of aromatic nitrogens is 2. The number of halogens is 2. The van der Waals surface area contributed by atoms with Crippen molar-refractivity contribution in [3.63, 3.8) is 0 Å². The molecule has 4 rings (SSSR count). The van der Waals surface area contributed by atoms with Crippen molar-refractivity contribution in [3.8, 4) is 0 Å². The van der Waals surface area contributed by atoms with Gasteiger partial charge >= 0.3 is 0 Å². The molecule has 1 aliphatic heterocycles. The minimum atomic E-state index is -0.536. The molecule has 168 valence electrons. The minimum Gasteiger partial charge on any atom is -0.379 e. The SMILES string of the molecule is NC(=O)Cn1cc(C(=O)NCC(c2ccc(Cl)cc2)N2CCOCC2)c2c(Cl)ccnc21. The Bertz CT molecular complexity index is 1130. The molecule has 1 atom stereocenters. The van der Waals surface area contributed by atoms with Gasteiger partial charge in [-0.15, -0.1) is 0 Å². The molecule has 0 bridgehead atoms. The second kappa shape index (κ2) is 9.87. The van der Waals surface area contributed by atoms with E-state index < -0.39 is 5.91 Å². The van der Waals surface area contributed by atoms with Gasteiger partial charge in [-0.2, -0.15) is 0 Å². The maximum atomic E-state index is 13.2. The van der Waals surface area contributed by atoms with Gasteiger partial charge in [0.25, 0.3) is 5.91 Å². The summed E-state index contributed by atoms with van der Waals surface area (Å²) in [5, 5.41) is 4.55. The number of fused-ring (bicyclic) bond motifs is 1. The van der Waals surface area contributed by atoms with Gasteiger partial charge < -0.3 is 20.4 Å². The zero-order valence-electron chi connectivity index (χ0n) is 17.3. The molecule has 1 unspecified atom stereocenters. The molecule has 8 nitrogen and oxygen atoms in total. The van der Waals surface area contributed by atoms with E-state index in [-0.39, 0.29) is 18.5 Å². The summed E-state index contributed by atoms with van der Waals surface area (Å²) < 4.78 is 7.02. The molecule has 3 N–H and O–H groups in total. The molecule has 0 spiro atoms. The Morgan fingerprint density at radius 3 is 2.56 bits per heavy atom. The summed E-state index contributed by atoms with van der Waals surface area (Å²) in [6, 6.07) is 9.18. The average molecular weight is 476 g/mol. The fourth-order valence-electron chi connectivity index (χ4n) is 3.95. The van der Waals surface area contributed by atoms with Crippen LogP contribution in [0.1, 0.15) is 22.0 Å². The first-order valence-corrected chi connectivity index (χ1v) is 11.0. The Balaban J connectivity index is 1.60. The number of ether oxygens (including phenoxy) is 1. The van der Waals surface area contributed by atoms with Crippen LogP contribution in [0.25, 0.3) is 11.0 Å². The van der Waals surface area contributed by atoms with Crippen molar-refractivity contribution in [2.75, 3.05) is 32.8 Å². The number of hydrogen-bond donors (Lipinski definition) is 2. The van der Waals surface area contributed by atoms with E-state index in [1.165, 1.54) is 10.8 Å². The lowest BCUT2D eigenvalue weighted by Crippen LogP contribution is -2.43. The molecule has 0 aliphatic carbocycles. The monoisotopic (exact) mass is 475 g/mol. The van der Waals surface area contributed by atoms with Crippen molar-refractivity contribution < 1.29 is 14.3 Å². The summed E-state index contributed by atoms with van der Waals surface area (Å²) in [6.07, 6.45) is 3.09. The van der Waals surface area contributed by atoms with Crippen molar-refractivity contribution in [2.45, 2.75) is 12.6 Å². The van der Waals surface area contributed by atoms with Crippen LogP contribution in [0.5, 0.6) is 0 Å². The molecule has 10 heteroatoms. The number of pyridine rings is 1. The molecule has 3 aromatic rings. The summed E-state index contributed by atoms with van der Waals surface area (Å²) in [6.45, 7) is 3.08. The van der Waals surface area contributed by atoms with E-state index >= 15 is 0 Å². The number of hydrogen-bond acceptors (Lipinski definition) is 5. The zero-order chi connectivity index (χ0) is 22.7. The van der Waals surface area contributed by atoms with E-state index in [0.717, 1.165) is 18.7 Å². The van der Waals surface area contributed by atoms with Gasteiger partial charge in [0.1, 0.15) is 12.2 Å². The number of primary amides is 1. The number of nitrogens with zero attached hydrogens (tertiary/aromatic N) is 3. The van der Waals surface area contributed by atoms with Crippen molar-refractivity contribution in [3.05, 3.63) is 63.9 Å². The number of amides is 2. The molecule has 1 fully saturated rings. The lowest BCUT2D eigenvalue weighted by molar-refractivity contribution is -0.118. The third-order valence-corrected chi connectivity index (χ3v) is 6.04. The van der Waals surface area contributed by atoms with E-state index in [2.05, 4.69) is 15.2 Å². The van der Waals surface area contributed by atoms with Crippen molar-refractivity contribution in [2.24, 2.45) is 5.73 Å². The molecule has 1 aliphatic rings. The third-order valence-electron chi connectivity index (χ3n) is 5.47. The van der Waals surface area contributed by atoms with Gasteiger partial charge in [0.15, 0.2) is 0 Å². The van der Waals surface area contributed by atoms with Gasteiger partial charge in [0.05, 0.1) is 35.2 Å². The predicted octanol–water partition coefficient (Wildman–Crippen LogP) is 2.63. The predicted molar refractivity (Wildman–Crippen MR) is 123 cm³/mol. The van der Waals surface area contributed by atoms with Crippen LogP contribution in [-0.2, 0) is 16.1 Å². The molecule has 2 amide bonds. The standard InChI is InChI=1S/C22H23Cl2N5O3/c23-15-3-1-14(2-4-15)18(28-7-9-32-10-8-28)11-27-22(31)16-12-29(13-19(25)30)21-20(16)17(24)5-6-26-21/h1-6,12,18H,7-11,13H2,(H2,25,30)(H,27,31). The molecular formula is C22H23Cl2N5O3. The molecule has 3 heterocycles. The van der Waals surface area contributed by atoms with Crippen LogP contribution in [0.3, 0.4) is 0 Å². The summed E-state index contributed by atoms with van der Waals surface area (Å²) >= 11 is 12.4. The molecule has 32 heavy (non-hydrogen) atoms. The Morgan fingerprint density at radius 1 is 1.16 bits per heavy atom. The maximum Gasteiger partial charge on any atom is 0.253 e. The van der Waals surface area contributed by atoms with Crippen LogP contribution in [0.15, 0.2) is 42.7 Å². The van der Waals surface area contributed by atoms with Gasteiger partial charge in [-0.05, 0) is 23.8 Å². The van der Waals surface area contributed by atoms with Crippen LogP contribution < -0.4 is 11.1 Å². The number of carbonyl (C=O) groups is 2. The number of nitrogens with one attached hydrogen (secondary N) is 1. The number of nitrogens with two attached hydrogens (primary N) is 1. The van der Waals surface area contributed by atoms with E-state index in [4.69, 9.17) is 33.7 Å². The Labute approximate surface area is 195 Å². The average Bonchev–Trinajstić information content (AvgIpc) is 3.15. The third kappa shape index (κ3) is 4.88. The van der Waals surface area contributed by atoms with Crippen LogP contribution in [0, 0.1) is 0 Å². The first-order chi connectivity index (χ1) is 15.4. The molecular weight excluding hydrogens is 453 g/mol. The van der Waals surface area contributed by atoms with Gasteiger partial charge in [-0.25, -0.2) is 4.98 Å². The highest BCUT2D eigenvalue weighted by Crippen LogP contribution is 2.28. The van der Waals surface area contributed by atoms with Crippen LogP contribution in [-0.4, -0.2) is 59.1 Å². The highest BCUT2D eigenvalue weighted by molar-refractivity contribution is 6.36. The van der Waals surface area contributed by atoms with Gasteiger partial charge in [-0.3, -0.25) is 14.5 Å². The van der Waals surface area contributed by atoms with E-state index in [1.54, 1.807) is 12.3 Å². The Morgan fingerprint density at radius 2 is 1.88 bits per heavy atom. The van der Waals surface area contributed by atoms with E-state index in [9.17, 15) is 9.59 Å². The summed E-state index contributed by atoms with van der Waals surface area (Å²) in [7, 11) is 0. The molecule has 0 saturated carbocycles. The first-order valence-electron chi connectivity index (χ1n) is 10.2. The number of carbonyl (C=O) groups excluding carboxylic acids is 2. The topological polar surface area (TPSA) is 102 Å². The lowest BCUT2D eigenvalue weighted by atomic mass is 10.0. The zero-order valence-corrected chi connectivity index (χ0v) is 18.8. The smallest absolute Gasteiger partial charge is 0.253 e. The summed E-state index contributed by atoms with van der Waals surface area (Å²) in [5.74, 6) is -0.842. The fourth-order valence-corrected chi connectivity index (χ4v) is 4.32. The second-order valence-corrected chi connectivity index (χ2v) is 8.40. The number of morpholine rings is 1. The molecule has 1 aromatic carbocycles. The highest BCUT2D eigenvalue weighted by atomic mass is 35.5. The van der Waals surface area contributed by atoms with E-state index in [0.29, 0.717) is 46.4 Å². The Hall–Kier alpha value is -2.65. The summed E-state index contributed by atoms with van der Waals surface area (Å²) in [4.78, 5) is 31.2. The van der Waals surface area contributed by atoms with Gasteiger partial charge in [-0.1, -0.05) is 35.3 Å². The van der Waals surface area contributed by atoms with E-state index in [1.807, 2.05) is 24.3 Å². The molecule has 0 radical (unpaired) electrons. The molecule has 1 saturated heterocycles. The summed E-state index contributed by atoms with van der Waals surface area (Å²) in [5.41, 5.74) is 7.18. The van der Waals surface area contributed by atoms with Crippen LogP contribution >= 0.6 is 23.2 Å². The maximum absolute atomic E-state index is 13.2. The van der Waals surface area contributed by atoms with Crippen molar-refractivity contribution in [1.82, 2.24) is 19.8 Å². The Kier molecular flexibility index (Phi) is 6.95. The lowest BCUT2D eigenvalue weighted by Gasteiger charge is -2.35. The second-order valence-electron chi connectivity index (χ2n) is 7.55. The van der Waals surface area contributed by atoms with Crippen molar-refractivity contribution in [1.29, 1.82) is 0 Å². The first kappa shape index (κ1) is 22.5. The fraction of sp³-hybridized carbons (Fsp3) is 0.318.